The number of nitrogens with zero attached hydrogens (tertiary/aromatic N) is 1. The average Bonchev–Trinajstić information content (AvgIpc) is 2.88. The molecule has 0 fully saturated rings. The van der Waals surface area contributed by atoms with Gasteiger partial charge in [-0.2, -0.15) is 0 Å². The van der Waals surface area contributed by atoms with Crippen molar-refractivity contribution >= 4 is 23.7 Å². The Kier molecular flexibility index (Phi) is 8.99. The maximum absolute atomic E-state index is 12.8. The number of ether oxygens (including phenoxy) is 3. The largest absolute Gasteiger partial charge is 0.497 e. The van der Waals surface area contributed by atoms with Crippen LogP contribution in [-0.4, -0.2) is 68.6 Å². The first-order valence-electron chi connectivity index (χ1n) is 11.1. The Bertz CT molecular complexity index is 1070. The molecule has 1 aromatic carbocycles. The number of carbonyl (C=O) groups excluding carboxylic acids is 4. The lowest BCUT2D eigenvalue weighted by molar-refractivity contribution is -0.123. The minimum atomic E-state index is -0.810. The van der Waals surface area contributed by atoms with Crippen molar-refractivity contribution in [2.75, 3.05) is 33.9 Å². The van der Waals surface area contributed by atoms with Gasteiger partial charge in [0, 0.05) is 18.8 Å². The Morgan fingerprint density at radius 3 is 2.63 bits per heavy atom. The van der Waals surface area contributed by atoms with E-state index in [4.69, 9.17) is 9.47 Å². The van der Waals surface area contributed by atoms with Crippen LogP contribution in [0, 0.1) is 0 Å². The molecule has 1 atom stereocenters. The Hall–Kier alpha value is -4.15. The molecule has 11 nitrogen and oxygen atoms in total. The number of rotatable bonds is 4. The van der Waals surface area contributed by atoms with Gasteiger partial charge in [0.15, 0.2) is 0 Å². The molecular formula is C24H28N4O7. The molecule has 186 valence electrons. The fourth-order valence-electron chi connectivity index (χ4n) is 3.43. The van der Waals surface area contributed by atoms with Crippen LogP contribution in [0.4, 0.5) is 0 Å². The first-order valence-corrected chi connectivity index (χ1v) is 11.1. The van der Waals surface area contributed by atoms with Crippen molar-refractivity contribution < 1.29 is 33.4 Å². The Balaban J connectivity index is 1.66. The lowest BCUT2D eigenvalue weighted by Crippen LogP contribution is -2.47. The van der Waals surface area contributed by atoms with Crippen LogP contribution in [0.15, 0.2) is 36.5 Å². The van der Waals surface area contributed by atoms with Crippen molar-refractivity contribution in [3.63, 3.8) is 0 Å². The summed E-state index contributed by atoms with van der Waals surface area (Å²) >= 11 is 0. The number of hydrogen-bond acceptors (Lipinski definition) is 8. The lowest BCUT2D eigenvalue weighted by Gasteiger charge is -2.20. The van der Waals surface area contributed by atoms with Crippen LogP contribution in [0.5, 0.6) is 11.5 Å². The predicted molar refractivity (Wildman–Crippen MR) is 125 cm³/mol. The number of carbonyl (C=O) groups is 4. The summed E-state index contributed by atoms with van der Waals surface area (Å²) in [5.41, 5.74) is 0.650. The third-order valence-corrected chi connectivity index (χ3v) is 5.34. The Morgan fingerprint density at radius 2 is 1.91 bits per heavy atom. The number of methoxy groups -OCH3 is 2. The molecule has 35 heavy (non-hydrogen) atoms. The van der Waals surface area contributed by atoms with Crippen LogP contribution in [0.25, 0.3) is 0 Å². The molecule has 0 bridgehead atoms. The van der Waals surface area contributed by atoms with Crippen LogP contribution >= 0.6 is 0 Å². The van der Waals surface area contributed by atoms with Crippen molar-refractivity contribution in [1.29, 1.82) is 0 Å². The third-order valence-electron chi connectivity index (χ3n) is 5.34. The number of amides is 3. The van der Waals surface area contributed by atoms with E-state index < -0.39 is 17.9 Å². The van der Waals surface area contributed by atoms with Gasteiger partial charge >= 0.3 is 5.97 Å². The molecule has 0 radical (unpaired) electrons. The summed E-state index contributed by atoms with van der Waals surface area (Å²) in [5.74, 6) is -0.856. The normalized spacial score (nSPS) is 16.9. The van der Waals surface area contributed by atoms with Gasteiger partial charge < -0.3 is 30.2 Å². The van der Waals surface area contributed by atoms with Crippen molar-refractivity contribution in [3.05, 3.63) is 53.3 Å². The van der Waals surface area contributed by atoms with Gasteiger partial charge in [0.25, 0.3) is 11.8 Å². The van der Waals surface area contributed by atoms with Gasteiger partial charge in [-0.1, -0.05) is 0 Å². The van der Waals surface area contributed by atoms with Gasteiger partial charge in [-0.3, -0.25) is 19.4 Å². The molecule has 0 saturated heterocycles. The van der Waals surface area contributed by atoms with Crippen LogP contribution in [0.2, 0.25) is 0 Å². The number of esters is 1. The number of benzene rings is 1. The summed E-state index contributed by atoms with van der Waals surface area (Å²) in [6.07, 6.45) is 2.78. The van der Waals surface area contributed by atoms with Crippen LogP contribution in [0.1, 0.15) is 50.5 Å². The molecule has 3 N–H and O–H groups in total. The summed E-state index contributed by atoms with van der Waals surface area (Å²) in [6.45, 7) is 0.662. The van der Waals surface area contributed by atoms with E-state index in [0.717, 1.165) is 0 Å². The molecule has 3 rings (SSSR count). The first kappa shape index (κ1) is 25.5. The summed E-state index contributed by atoms with van der Waals surface area (Å²) in [5, 5.41) is 8.29. The number of aromatic nitrogens is 1. The van der Waals surface area contributed by atoms with Gasteiger partial charge in [0.05, 0.1) is 31.9 Å². The zero-order valence-electron chi connectivity index (χ0n) is 19.6. The molecular weight excluding hydrogens is 456 g/mol. The van der Waals surface area contributed by atoms with Crippen molar-refractivity contribution in [3.8, 4) is 11.5 Å². The number of fused-ring (bicyclic) bond motifs is 1. The highest BCUT2D eigenvalue weighted by molar-refractivity contribution is 5.98. The molecule has 1 aliphatic rings. The van der Waals surface area contributed by atoms with Crippen molar-refractivity contribution in [2.45, 2.75) is 25.3 Å². The fourth-order valence-corrected chi connectivity index (χ4v) is 3.43. The van der Waals surface area contributed by atoms with Gasteiger partial charge in [0.1, 0.15) is 29.8 Å². The molecule has 2 heterocycles. The van der Waals surface area contributed by atoms with E-state index in [0.29, 0.717) is 42.9 Å². The van der Waals surface area contributed by atoms with E-state index in [1.807, 2.05) is 0 Å². The molecule has 1 aromatic heterocycles. The van der Waals surface area contributed by atoms with E-state index in [-0.39, 0.29) is 36.2 Å². The van der Waals surface area contributed by atoms with Gasteiger partial charge in [-0.15, -0.1) is 0 Å². The standard InChI is InChI=1S/C24H28N4O7/c1-33-16-7-8-17-20(13-16)35-12-11-26-22(30)19(5-3-4-10-25-21(17)29)28-23(31)18-9-6-15(14-27-18)24(32)34-2/h6-9,13-14,19H,3-5,10-12H2,1-2H3,(H,25,29)(H,26,30)(H,28,31)/t19-/m0/s1. The SMILES string of the molecule is COC(=O)c1ccc(C(=O)N[C@H]2CCCCNC(=O)c3ccc(OC)cc3OCCNC2=O)nc1. The van der Waals surface area contributed by atoms with E-state index in [1.54, 1.807) is 18.2 Å². The summed E-state index contributed by atoms with van der Waals surface area (Å²) in [6, 6.07) is 6.93. The van der Waals surface area contributed by atoms with Crippen LogP contribution < -0.4 is 25.4 Å². The minimum absolute atomic E-state index is 0.0611. The third kappa shape index (κ3) is 6.92. The molecule has 11 heteroatoms. The number of hydrogen-bond donors (Lipinski definition) is 3. The first-order chi connectivity index (χ1) is 16.9. The average molecular weight is 485 g/mol. The van der Waals surface area contributed by atoms with Crippen molar-refractivity contribution in [2.24, 2.45) is 0 Å². The molecule has 0 aliphatic carbocycles. The predicted octanol–water partition coefficient (Wildman–Crippen LogP) is 1.08. The molecule has 0 unspecified atom stereocenters. The van der Waals surface area contributed by atoms with E-state index in [2.05, 4.69) is 25.7 Å². The number of pyridine rings is 1. The van der Waals surface area contributed by atoms with Crippen LogP contribution in [-0.2, 0) is 9.53 Å². The molecule has 3 amide bonds. The Morgan fingerprint density at radius 1 is 1.09 bits per heavy atom. The quantitative estimate of drug-likeness (QED) is 0.547. The summed E-state index contributed by atoms with van der Waals surface area (Å²) in [4.78, 5) is 53.6. The highest BCUT2D eigenvalue weighted by Gasteiger charge is 2.22. The van der Waals surface area contributed by atoms with E-state index >= 15 is 0 Å². The highest BCUT2D eigenvalue weighted by Crippen LogP contribution is 2.25. The second-order valence-corrected chi connectivity index (χ2v) is 7.70. The monoisotopic (exact) mass is 484 g/mol. The maximum Gasteiger partial charge on any atom is 0.339 e. The molecule has 2 aromatic rings. The van der Waals surface area contributed by atoms with Crippen LogP contribution in [0.3, 0.4) is 0 Å². The summed E-state index contributed by atoms with van der Waals surface area (Å²) < 4.78 is 15.6. The lowest BCUT2D eigenvalue weighted by atomic mass is 10.1. The zero-order valence-corrected chi connectivity index (χ0v) is 19.6. The van der Waals surface area contributed by atoms with Gasteiger partial charge in [-0.25, -0.2) is 4.79 Å². The molecule has 1 aliphatic heterocycles. The van der Waals surface area contributed by atoms with E-state index in [1.165, 1.54) is 32.5 Å². The topological polar surface area (TPSA) is 145 Å². The smallest absolute Gasteiger partial charge is 0.339 e. The highest BCUT2D eigenvalue weighted by atomic mass is 16.5. The fraction of sp³-hybridized carbons (Fsp3) is 0.375. The van der Waals surface area contributed by atoms with Crippen molar-refractivity contribution in [1.82, 2.24) is 20.9 Å². The summed E-state index contributed by atoms with van der Waals surface area (Å²) in [7, 11) is 2.77. The molecule has 0 saturated carbocycles. The van der Waals surface area contributed by atoms with E-state index in [9.17, 15) is 19.2 Å². The van der Waals surface area contributed by atoms with Gasteiger partial charge in [0.2, 0.25) is 5.91 Å². The minimum Gasteiger partial charge on any atom is -0.497 e. The second kappa shape index (κ2) is 12.4. The Labute approximate surface area is 202 Å². The molecule has 0 spiro atoms. The maximum atomic E-state index is 12.8. The number of nitrogens with one attached hydrogen (secondary N) is 3. The zero-order chi connectivity index (χ0) is 25.2. The second-order valence-electron chi connectivity index (χ2n) is 7.70. The van der Waals surface area contributed by atoms with Gasteiger partial charge in [-0.05, 0) is 43.5 Å².